The summed E-state index contributed by atoms with van der Waals surface area (Å²) in [5.41, 5.74) is -0.720. The molecule has 0 N–H and O–H groups in total. The van der Waals surface area contributed by atoms with Crippen LogP contribution in [0.25, 0.3) is 10.6 Å². The van der Waals surface area contributed by atoms with Crippen molar-refractivity contribution >= 4 is 11.3 Å². The molecule has 0 atom stereocenters. The molecule has 0 saturated heterocycles. The van der Waals surface area contributed by atoms with E-state index in [1.165, 1.54) is 12.1 Å². The zero-order chi connectivity index (χ0) is 12.6. The van der Waals surface area contributed by atoms with Crippen LogP contribution in [0.4, 0.5) is 17.6 Å². The van der Waals surface area contributed by atoms with Gasteiger partial charge in [-0.05, 0) is 19.1 Å². The van der Waals surface area contributed by atoms with E-state index < -0.39 is 17.6 Å². The molecular weight excluding hydrogens is 254 g/mol. The van der Waals surface area contributed by atoms with E-state index in [1.807, 2.05) is 0 Å². The molecule has 2 aromatic rings. The van der Waals surface area contributed by atoms with Gasteiger partial charge in [0.25, 0.3) is 0 Å². The van der Waals surface area contributed by atoms with E-state index in [-0.39, 0.29) is 10.6 Å². The molecule has 0 saturated carbocycles. The molecule has 90 valence electrons. The van der Waals surface area contributed by atoms with Crippen LogP contribution in [-0.4, -0.2) is 4.98 Å². The minimum atomic E-state index is -4.69. The second-order valence-electron chi connectivity index (χ2n) is 3.46. The van der Waals surface area contributed by atoms with Gasteiger partial charge in [0, 0.05) is 16.6 Å². The fourth-order valence-corrected chi connectivity index (χ4v) is 2.21. The highest BCUT2D eigenvalue weighted by atomic mass is 32.1. The number of hydrogen-bond donors (Lipinski definition) is 0. The number of aromatic nitrogens is 1. The highest BCUT2D eigenvalue weighted by Crippen LogP contribution is 2.36. The zero-order valence-corrected chi connectivity index (χ0v) is 9.49. The van der Waals surface area contributed by atoms with E-state index >= 15 is 0 Å². The average Bonchev–Trinajstić information content (AvgIpc) is 2.63. The van der Waals surface area contributed by atoms with E-state index in [0.717, 1.165) is 17.4 Å². The summed E-state index contributed by atoms with van der Waals surface area (Å²) >= 11 is 1.12. The molecule has 1 aromatic carbocycles. The van der Waals surface area contributed by atoms with Crippen LogP contribution in [0.2, 0.25) is 0 Å². The number of hydrogen-bond acceptors (Lipinski definition) is 2. The maximum Gasteiger partial charge on any atom is 0.419 e. The summed E-state index contributed by atoms with van der Waals surface area (Å²) in [5.74, 6) is -1.27. The van der Waals surface area contributed by atoms with Gasteiger partial charge in [0.05, 0.1) is 5.56 Å². The lowest BCUT2D eigenvalue weighted by atomic mass is 10.1. The van der Waals surface area contributed by atoms with Crippen molar-refractivity contribution in [3.63, 3.8) is 0 Å². The second kappa shape index (κ2) is 4.10. The van der Waals surface area contributed by atoms with Crippen molar-refractivity contribution in [3.8, 4) is 10.6 Å². The maximum absolute atomic E-state index is 13.7. The number of alkyl halides is 3. The predicted molar refractivity (Wildman–Crippen MR) is 57.2 cm³/mol. The molecule has 6 heteroatoms. The van der Waals surface area contributed by atoms with E-state index in [9.17, 15) is 17.6 Å². The quantitative estimate of drug-likeness (QED) is 0.698. The number of nitrogens with zero attached hydrogens (tertiary/aromatic N) is 1. The van der Waals surface area contributed by atoms with Gasteiger partial charge in [0.2, 0.25) is 0 Å². The molecule has 0 aliphatic heterocycles. The molecular formula is C11H7F4NS. The van der Waals surface area contributed by atoms with Gasteiger partial charge in [-0.2, -0.15) is 13.2 Å². The Balaban J connectivity index is 2.57. The molecule has 0 aliphatic rings. The highest BCUT2D eigenvalue weighted by molar-refractivity contribution is 7.13. The number of thiazole rings is 1. The number of aryl methyl sites for hydroxylation is 1. The Morgan fingerprint density at radius 1 is 1.24 bits per heavy atom. The summed E-state index contributed by atoms with van der Waals surface area (Å²) < 4.78 is 51.2. The molecule has 0 amide bonds. The van der Waals surface area contributed by atoms with Gasteiger partial charge in [-0.25, -0.2) is 9.37 Å². The molecule has 17 heavy (non-hydrogen) atoms. The minimum absolute atomic E-state index is 0.113. The molecule has 0 aliphatic carbocycles. The summed E-state index contributed by atoms with van der Waals surface area (Å²) in [6.45, 7) is 1.70. The van der Waals surface area contributed by atoms with Gasteiger partial charge >= 0.3 is 6.18 Å². The summed E-state index contributed by atoms with van der Waals surface area (Å²) in [7, 11) is 0. The summed E-state index contributed by atoms with van der Waals surface area (Å²) in [4.78, 5) is 3.98. The van der Waals surface area contributed by atoms with Crippen LogP contribution in [0.3, 0.4) is 0 Å². The Labute approximate surface area is 98.7 Å². The molecule has 1 heterocycles. The topological polar surface area (TPSA) is 12.9 Å². The molecule has 2 rings (SSSR count). The smallest absolute Gasteiger partial charge is 0.241 e. The van der Waals surface area contributed by atoms with Crippen molar-refractivity contribution in [1.29, 1.82) is 0 Å². The van der Waals surface area contributed by atoms with Crippen molar-refractivity contribution < 1.29 is 17.6 Å². The van der Waals surface area contributed by atoms with E-state index in [4.69, 9.17) is 0 Å². The fraction of sp³-hybridized carbons (Fsp3) is 0.182. The molecule has 0 radical (unpaired) electrons. The molecule has 0 fully saturated rings. The summed E-state index contributed by atoms with van der Waals surface area (Å²) in [5, 5.41) is 1.92. The van der Waals surface area contributed by atoms with Crippen molar-refractivity contribution in [2.75, 3.05) is 0 Å². The van der Waals surface area contributed by atoms with Gasteiger partial charge in [0.15, 0.2) is 0 Å². The first-order chi connectivity index (χ1) is 7.89. The van der Waals surface area contributed by atoms with Crippen LogP contribution in [0.5, 0.6) is 0 Å². The number of rotatable bonds is 1. The van der Waals surface area contributed by atoms with E-state index in [2.05, 4.69) is 4.98 Å². The fourth-order valence-electron chi connectivity index (χ4n) is 1.39. The zero-order valence-electron chi connectivity index (χ0n) is 8.68. The van der Waals surface area contributed by atoms with Gasteiger partial charge in [-0.3, -0.25) is 0 Å². The molecule has 1 nitrogen and oxygen atoms in total. The van der Waals surface area contributed by atoms with E-state index in [0.29, 0.717) is 5.69 Å². The Morgan fingerprint density at radius 3 is 2.47 bits per heavy atom. The van der Waals surface area contributed by atoms with Gasteiger partial charge in [-0.15, -0.1) is 11.3 Å². The number of halogens is 4. The van der Waals surface area contributed by atoms with Crippen LogP contribution in [0.15, 0.2) is 23.6 Å². The van der Waals surface area contributed by atoms with Crippen LogP contribution < -0.4 is 0 Å². The third-order valence-corrected chi connectivity index (χ3v) is 3.15. The van der Waals surface area contributed by atoms with Crippen molar-refractivity contribution in [3.05, 3.63) is 40.7 Å². The first-order valence-corrected chi connectivity index (χ1v) is 5.56. The van der Waals surface area contributed by atoms with Gasteiger partial charge in [-0.1, -0.05) is 6.07 Å². The van der Waals surface area contributed by atoms with Gasteiger partial charge in [0.1, 0.15) is 10.8 Å². The third kappa shape index (κ3) is 2.31. The van der Waals surface area contributed by atoms with Crippen LogP contribution in [0.1, 0.15) is 11.3 Å². The normalized spacial score (nSPS) is 11.8. The third-order valence-electron chi connectivity index (χ3n) is 2.15. The van der Waals surface area contributed by atoms with Crippen LogP contribution >= 0.6 is 11.3 Å². The van der Waals surface area contributed by atoms with Crippen molar-refractivity contribution in [1.82, 2.24) is 4.98 Å². The molecule has 0 bridgehead atoms. The monoisotopic (exact) mass is 261 g/mol. The Kier molecular flexibility index (Phi) is 2.91. The first kappa shape index (κ1) is 12.0. The Morgan fingerprint density at radius 2 is 1.94 bits per heavy atom. The van der Waals surface area contributed by atoms with Crippen LogP contribution in [-0.2, 0) is 6.18 Å². The molecule has 1 aromatic heterocycles. The minimum Gasteiger partial charge on any atom is -0.241 e. The lowest BCUT2D eigenvalue weighted by Crippen LogP contribution is -2.08. The summed E-state index contributed by atoms with van der Waals surface area (Å²) in [6.07, 6.45) is -4.69. The Bertz CT molecular complexity index is 545. The Hall–Kier alpha value is -1.43. The predicted octanol–water partition coefficient (Wildman–Crippen LogP) is 4.28. The average molecular weight is 261 g/mol. The maximum atomic E-state index is 13.7. The van der Waals surface area contributed by atoms with E-state index in [1.54, 1.807) is 12.3 Å². The summed E-state index contributed by atoms with van der Waals surface area (Å²) in [6, 6.07) is 3.19. The number of benzene rings is 1. The standard InChI is InChI=1S/C11H7F4NS/c1-6-5-17-10(16-6)7-3-2-4-8(9(7)12)11(13,14)15/h2-5H,1H3. The SMILES string of the molecule is Cc1csc(-c2cccc(C(F)(F)F)c2F)n1. The largest absolute Gasteiger partial charge is 0.419 e. The van der Waals surface area contributed by atoms with Crippen molar-refractivity contribution in [2.45, 2.75) is 13.1 Å². The molecule has 0 unspecified atom stereocenters. The highest BCUT2D eigenvalue weighted by Gasteiger charge is 2.35. The molecule has 0 spiro atoms. The second-order valence-corrected chi connectivity index (χ2v) is 4.32. The van der Waals surface area contributed by atoms with Gasteiger partial charge < -0.3 is 0 Å². The van der Waals surface area contributed by atoms with Crippen molar-refractivity contribution in [2.24, 2.45) is 0 Å². The lowest BCUT2D eigenvalue weighted by molar-refractivity contribution is -0.139. The van der Waals surface area contributed by atoms with Crippen LogP contribution in [0, 0.1) is 12.7 Å². The lowest BCUT2D eigenvalue weighted by Gasteiger charge is -2.09. The first-order valence-electron chi connectivity index (χ1n) is 4.68.